The molecule has 0 aliphatic carbocycles. The van der Waals surface area contributed by atoms with Crippen LogP contribution < -0.4 is 56.5 Å². The van der Waals surface area contributed by atoms with Crippen molar-refractivity contribution in [2.24, 2.45) is 0 Å². The first-order valence-corrected chi connectivity index (χ1v) is 3.59. The molecule has 64 valence electrons. The van der Waals surface area contributed by atoms with Gasteiger partial charge in [0.15, 0.2) is 0 Å². The zero-order valence-corrected chi connectivity index (χ0v) is 10.9. The molecule has 12 heavy (non-hydrogen) atoms. The second kappa shape index (κ2) is 5.69. The van der Waals surface area contributed by atoms with E-state index in [2.05, 4.69) is 0 Å². The van der Waals surface area contributed by atoms with Crippen molar-refractivity contribution >= 4 is 5.97 Å². The SMILES string of the molecule is CO[C@H]1C[C@@H](C(=O)[O-])N(C)C1.[K+]. The molecule has 2 atom stereocenters. The summed E-state index contributed by atoms with van der Waals surface area (Å²) in [6.07, 6.45) is 0.581. The van der Waals surface area contributed by atoms with Gasteiger partial charge in [-0.1, -0.05) is 0 Å². The maximum absolute atomic E-state index is 10.5. The average Bonchev–Trinajstić information content (AvgIpc) is 2.30. The molecule has 0 unspecified atom stereocenters. The first-order chi connectivity index (χ1) is 5.15. The molecule has 0 aromatic carbocycles. The van der Waals surface area contributed by atoms with Crippen LogP contribution in [-0.4, -0.2) is 43.7 Å². The number of likely N-dealkylation sites (tertiary alicyclic amines) is 1. The van der Waals surface area contributed by atoms with Gasteiger partial charge in [0.1, 0.15) is 0 Å². The van der Waals surface area contributed by atoms with Gasteiger partial charge in [-0.3, -0.25) is 4.90 Å². The second-order valence-electron chi connectivity index (χ2n) is 2.87. The Bertz CT molecular complexity index is 165. The fraction of sp³-hybridized carbons (Fsp3) is 0.857. The molecule has 1 fully saturated rings. The number of nitrogens with zero attached hydrogens (tertiary/aromatic N) is 1. The largest absolute Gasteiger partial charge is 1.00 e. The van der Waals surface area contributed by atoms with Gasteiger partial charge in [-0.15, -0.1) is 0 Å². The number of carboxylic acid groups (broad SMARTS) is 1. The summed E-state index contributed by atoms with van der Waals surface area (Å²) in [5.74, 6) is -1.01. The van der Waals surface area contributed by atoms with Gasteiger partial charge in [0, 0.05) is 13.7 Å². The maximum Gasteiger partial charge on any atom is 1.00 e. The number of carbonyl (C=O) groups is 1. The molecule has 1 aliphatic rings. The van der Waals surface area contributed by atoms with Crippen molar-refractivity contribution in [2.45, 2.75) is 18.6 Å². The number of hydrogen-bond donors (Lipinski definition) is 0. The summed E-state index contributed by atoms with van der Waals surface area (Å²) < 4.78 is 5.03. The van der Waals surface area contributed by atoms with Crippen LogP contribution in [0.15, 0.2) is 0 Å². The van der Waals surface area contributed by atoms with E-state index >= 15 is 0 Å². The summed E-state index contributed by atoms with van der Waals surface area (Å²) in [5.41, 5.74) is 0. The van der Waals surface area contributed by atoms with Gasteiger partial charge in [-0.2, -0.15) is 0 Å². The Morgan fingerprint density at radius 1 is 1.67 bits per heavy atom. The third kappa shape index (κ3) is 3.06. The monoisotopic (exact) mass is 197 g/mol. The first kappa shape index (κ1) is 13.0. The van der Waals surface area contributed by atoms with E-state index in [1.807, 2.05) is 0 Å². The second-order valence-corrected chi connectivity index (χ2v) is 2.87. The average molecular weight is 197 g/mol. The molecule has 0 saturated carbocycles. The van der Waals surface area contributed by atoms with Crippen molar-refractivity contribution < 1.29 is 66.0 Å². The van der Waals surface area contributed by atoms with Crippen LogP contribution in [0.3, 0.4) is 0 Å². The minimum Gasteiger partial charge on any atom is -0.548 e. The maximum atomic E-state index is 10.5. The van der Waals surface area contributed by atoms with Crippen molar-refractivity contribution in [3.05, 3.63) is 0 Å². The Balaban J connectivity index is 0.00000121. The van der Waals surface area contributed by atoms with Gasteiger partial charge in [0.05, 0.1) is 18.1 Å². The first-order valence-electron chi connectivity index (χ1n) is 3.59. The summed E-state index contributed by atoms with van der Waals surface area (Å²) in [7, 11) is 3.36. The predicted octanol–water partition coefficient (Wildman–Crippen LogP) is -4.54. The normalized spacial score (nSPS) is 29.8. The topological polar surface area (TPSA) is 52.6 Å². The van der Waals surface area contributed by atoms with Crippen molar-refractivity contribution in [3.63, 3.8) is 0 Å². The minimum atomic E-state index is -1.01. The van der Waals surface area contributed by atoms with Crippen LogP contribution in [0.25, 0.3) is 0 Å². The number of ether oxygens (including phenoxy) is 1. The molecule has 1 rings (SSSR count). The third-order valence-electron chi connectivity index (χ3n) is 2.12. The van der Waals surface area contributed by atoms with Crippen LogP contribution in [0.5, 0.6) is 0 Å². The van der Waals surface area contributed by atoms with Crippen molar-refractivity contribution in [3.8, 4) is 0 Å². The van der Waals surface area contributed by atoms with Crippen LogP contribution in [0, 0.1) is 0 Å². The van der Waals surface area contributed by atoms with E-state index < -0.39 is 12.0 Å². The summed E-state index contributed by atoms with van der Waals surface area (Å²) in [5, 5.41) is 10.5. The molecule has 0 aromatic rings. The Morgan fingerprint density at radius 3 is 2.50 bits per heavy atom. The minimum absolute atomic E-state index is 0. The molecular weight excluding hydrogens is 185 g/mol. The van der Waals surface area contributed by atoms with Crippen molar-refractivity contribution in [1.82, 2.24) is 4.90 Å². The molecule has 0 aromatic heterocycles. The molecule has 0 amide bonds. The third-order valence-corrected chi connectivity index (χ3v) is 2.12. The van der Waals surface area contributed by atoms with E-state index in [-0.39, 0.29) is 57.5 Å². The summed E-state index contributed by atoms with van der Waals surface area (Å²) >= 11 is 0. The zero-order valence-electron chi connectivity index (χ0n) is 7.74. The van der Waals surface area contributed by atoms with Gasteiger partial charge in [-0.25, -0.2) is 0 Å². The molecule has 0 bridgehead atoms. The van der Waals surface area contributed by atoms with E-state index in [0.717, 1.165) is 0 Å². The van der Waals surface area contributed by atoms with E-state index in [1.54, 1.807) is 19.1 Å². The van der Waals surface area contributed by atoms with Crippen LogP contribution >= 0.6 is 0 Å². The summed E-state index contributed by atoms with van der Waals surface area (Å²) in [4.78, 5) is 12.2. The van der Waals surface area contributed by atoms with Crippen LogP contribution in [0.2, 0.25) is 0 Å². The number of likely N-dealkylation sites (N-methyl/N-ethyl adjacent to an activating group) is 1. The summed E-state index contributed by atoms with van der Waals surface area (Å²) in [6.45, 7) is 0.676. The Kier molecular flexibility index (Phi) is 6.18. The number of methoxy groups -OCH3 is 1. The van der Waals surface area contributed by atoms with Crippen LogP contribution in [-0.2, 0) is 9.53 Å². The molecule has 1 heterocycles. The standard InChI is InChI=1S/C7H13NO3.K/c1-8-4-5(11-2)3-6(8)7(9)10;/h5-6H,3-4H2,1-2H3,(H,9,10);/q;+1/p-1/t5-,6-;/m0./s1. The zero-order chi connectivity index (χ0) is 8.43. The number of hydrogen-bond acceptors (Lipinski definition) is 4. The molecule has 5 heteroatoms. The van der Waals surface area contributed by atoms with E-state index in [1.165, 1.54) is 0 Å². The predicted molar refractivity (Wildman–Crippen MR) is 36.8 cm³/mol. The van der Waals surface area contributed by atoms with E-state index in [9.17, 15) is 9.90 Å². The molecule has 0 N–H and O–H groups in total. The molecule has 1 aliphatic heterocycles. The Hall–Kier alpha value is 1.03. The quantitative estimate of drug-likeness (QED) is 0.418. The molecule has 4 nitrogen and oxygen atoms in total. The van der Waals surface area contributed by atoms with Crippen molar-refractivity contribution in [1.29, 1.82) is 0 Å². The Labute approximate surface area is 115 Å². The fourth-order valence-electron chi connectivity index (χ4n) is 1.40. The molecule has 1 saturated heterocycles. The van der Waals surface area contributed by atoms with Gasteiger partial charge in [0.2, 0.25) is 0 Å². The van der Waals surface area contributed by atoms with Gasteiger partial charge in [0.25, 0.3) is 0 Å². The van der Waals surface area contributed by atoms with Gasteiger partial charge >= 0.3 is 51.4 Å². The smallest absolute Gasteiger partial charge is 0.548 e. The molecule has 0 radical (unpaired) electrons. The number of carboxylic acids is 1. The van der Waals surface area contributed by atoms with Crippen LogP contribution in [0.4, 0.5) is 0 Å². The van der Waals surface area contributed by atoms with Crippen LogP contribution in [0.1, 0.15) is 6.42 Å². The Morgan fingerprint density at radius 2 is 2.25 bits per heavy atom. The van der Waals surface area contributed by atoms with Gasteiger partial charge in [-0.05, 0) is 13.5 Å². The van der Waals surface area contributed by atoms with E-state index in [0.29, 0.717) is 13.0 Å². The van der Waals surface area contributed by atoms with E-state index in [4.69, 9.17) is 4.74 Å². The molecule has 0 spiro atoms. The van der Waals surface area contributed by atoms with Crippen molar-refractivity contribution in [2.75, 3.05) is 20.7 Å². The fourth-order valence-corrected chi connectivity index (χ4v) is 1.40. The number of aliphatic carboxylic acids is 1. The summed E-state index contributed by atoms with van der Waals surface area (Å²) in [6, 6.07) is -0.472. The van der Waals surface area contributed by atoms with Gasteiger partial charge < -0.3 is 14.6 Å². The number of carbonyl (C=O) groups excluding carboxylic acids is 1. The number of rotatable bonds is 2. The molecular formula is C7H12KNO3.